The first-order valence-corrected chi connectivity index (χ1v) is 8.31. The standard InChI is InChI=1S/C15H22N2O2S/c1-10(2)13-15(18)17(8-12-4-3-6-19-12)14(16-13)11-5-7-20-9-11/h5,7,9-10,12-14,16H,3-4,6,8H2,1-2H3. The van der Waals surface area contributed by atoms with Crippen molar-refractivity contribution < 1.29 is 9.53 Å². The molecule has 0 spiro atoms. The fraction of sp³-hybridized carbons (Fsp3) is 0.667. The minimum atomic E-state index is -0.0821. The summed E-state index contributed by atoms with van der Waals surface area (Å²) in [6.45, 7) is 5.72. The number of nitrogens with zero attached hydrogens (tertiary/aromatic N) is 1. The molecule has 3 atom stereocenters. The van der Waals surface area contributed by atoms with E-state index >= 15 is 0 Å². The number of amides is 1. The van der Waals surface area contributed by atoms with E-state index in [9.17, 15) is 4.79 Å². The average Bonchev–Trinajstić information content (AvgIpc) is 3.13. The number of hydrogen-bond donors (Lipinski definition) is 1. The largest absolute Gasteiger partial charge is 0.376 e. The molecule has 2 fully saturated rings. The van der Waals surface area contributed by atoms with Gasteiger partial charge in [-0.1, -0.05) is 13.8 Å². The number of ether oxygens (including phenoxy) is 1. The molecule has 2 aliphatic heterocycles. The van der Waals surface area contributed by atoms with Crippen LogP contribution >= 0.6 is 11.3 Å². The zero-order chi connectivity index (χ0) is 14.1. The van der Waals surface area contributed by atoms with Gasteiger partial charge >= 0.3 is 0 Å². The minimum Gasteiger partial charge on any atom is -0.376 e. The Bertz CT molecular complexity index is 454. The molecule has 5 heteroatoms. The Morgan fingerprint density at radius 2 is 2.40 bits per heavy atom. The van der Waals surface area contributed by atoms with Gasteiger partial charge in [0.25, 0.3) is 0 Å². The van der Waals surface area contributed by atoms with Crippen LogP contribution in [-0.2, 0) is 9.53 Å². The fourth-order valence-corrected chi connectivity index (χ4v) is 3.70. The molecule has 3 rings (SSSR count). The van der Waals surface area contributed by atoms with E-state index < -0.39 is 0 Å². The second kappa shape index (κ2) is 5.84. The van der Waals surface area contributed by atoms with Crippen LogP contribution in [0.15, 0.2) is 16.8 Å². The summed E-state index contributed by atoms with van der Waals surface area (Å²) >= 11 is 1.67. The van der Waals surface area contributed by atoms with Crippen molar-refractivity contribution in [3.63, 3.8) is 0 Å². The van der Waals surface area contributed by atoms with Gasteiger partial charge < -0.3 is 9.64 Å². The first-order chi connectivity index (χ1) is 9.66. The van der Waals surface area contributed by atoms with Gasteiger partial charge in [-0.25, -0.2) is 0 Å². The van der Waals surface area contributed by atoms with Crippen molar-refractivity contribution in [1.29, 1.82) is 0 Å². The molecular formula is C15H22N2O2S. The van der Waals surface area contributed by atoms with Crippen LogP contribution in [0.1, 0.15) is 38.4 Å². The quantitative estimate of drug-likeness (QED) is 0.927. The topological polar surface area (TPSA) is 41.6 Å². The predicted octanol–water partition coefficient (Wildman–Crippen LogP) is 2.38. The summed E-state index contributed by atoms with van der Waals surface area (Å²) in [6.07, 6.45) is 2.38. The Balaban J connectivity index is 1.80. The lowest BCUT2D eigenvalue weighted by Gasteiger charge is -2.26. The van der Waals surface area contributed by atoms with Crippen LogP contribution in [-0.4, -0.2) is 36.1 Å². The second-order valence-electron chi connectivity index (χ2n) is 5.97. The molecule has 0 aliphatic carbocycles. The minimum absolute atomic E-state index is 0.00495. The number of carbonyl (C=O) groups excluding carboxylic acids is 1. The highest BCUT2D eigenvalue weighted by Crippen LogP contribution is 2.30. The SMILES string of the molecule is CC(C)C1NC(c2ccsc2)N(CC2CCCO2)C1=O. The number of rotatable bonds is 4. The maximum Gasteiger partial charge on any atom is 0.241 e. The van der Waals surface area contributed by atoms with Crippen molar-refractivity contribution in [1.82, 2.24) is 10.2 Å². The lowest BCUT2D eigenvalue weighted by atomic mass is 10.0. The van der Waals surface area contributed by atoms with E-state index in [2.05, 4.69) is 36.0 Å². The van der Waals surface area contributed by atoms with Crippen molar-refractivity contribution in [3.05, 3.63) is 22.4 Å². The third-order valence-corrected chi connectivity index (χ3v) is 4.85. The summed E-state index contributed by atoms with van der Waals surface area (Å²) in [5.74, 6) is 0.518. The molecule has 0 aromatic carbocycles. The van der Waals surface area contributed by atoms with Crippen LogP contribution < -0.4 is 5.32 Å². The molecule has 2 saturated heterocycles. The van der Waals surface area contributed by atoms with E-state index in [1.165, 1.54) is 5.56 Å². The molecule has 3 heterocycles. The zero-order valence-corrected chi connectivity index (χ0v) is 12.9. The first-order valence-electron chi connectivity index (χ1n) is 7.37. The molecule has 0 radical (unpaired) electrons. The van der Waals surface area contributed by atoms with Crippen LogP contribution in [0.4, 0.5) is 0 Å². The fourth-order valence-electron chi connectivity index (χ4n) is 3.02. The van der Waals surface area contributed by atoms with Gasteiger partial charge in [0.2, 0.25) is 5.91 Å². The van der Waals surface area contributed by atoms with E-state index in [0.717, 1.165) is 19.4 Å². The van der Waals surface area contributed by atoms with Gasteiger partial charge in [0.05, 0.1) is 12.1 Å². The predicted molar refractivity (Wildman–Crippen MR) is 79.5 cm³/mol. The van der Waals surface area contributed by atoms with Crippen molar-refractivity contribution in [3.8, 4) is 0 Å². The molecule has 2 aliphatic rings. The second-order valence-corrected chi connectivity index (χ2v) is 6.75. The van der Waals surface area contributed by atoms with E-state index in [0.29, 0.717) is 12.5 Å². The van der Waals surface area contributed by atoms with Gasteiger partial charge in [0, 0.05) is 13.2 Å². The number of carbonyl (C=O) groups is 1. The summed E-state index contributed by atoms with van der Waals surface area (Å²) in [5.41, 5.74) is 1.18. The van der Waals surface area contributed by atoms with Gasteiger partial charge in [-0.05, 0) is 41.1 Å². The molecule has 110 valence electrons. The van der Waals surface area contributed by atoms with Gasteiger partial charge in [-0.15, -0.1) is 0 Å². The molecule has 4 nitrogen and oxygen atoms in total. The molecule has 1 aromatic rings. The lowest BCUT2D eigenvalue weighted by molar-refractivity contribution is -0.132. The summed E-state index contributed by atoms with van der Waals surface area (Å²) < 4.78 is 5.71. The Morgan fingerprint density at radius 3 is 3.00 bits per heavy atom. The highest BCUT2D eigenvalue weighted by atomic mass is 32.1. The van der Waals surface area contributed by atoms with Gasteiger partial charge in [-0.3, -0.25) is 10.1 Å². The van der Waals surface area contributed by atoms with E-state index in [4.69, 9.17) is 4.74 Å². The summed E-state index contributed by atoms with van der Waals surface area (Å²) in [6, 6.07) is 2.02. The third kappa shape index (κ3) is 2.62. The number of thiophene rings is 1. The molecular weight excluding hydrogens is 272 g/mol. The van der Waals surface area contributed by atoms with Crippen LogP contribution in [0.5, 0.6) is 0 Å². The third-order valence-electron chi connectivity index (χ3n) is 4.15. The van der Waals surface area contributed by atoms with Gasteiger partial charge in [-0.2, -0.15) is 11.3 Å². The monoisotopic (exact) mass is 294 g/mol. The Kier molecular flexibility index (Phi) is 4.10. The zero-order valence-electron chi connectivity index (χ0n) is 12.0. The first kappa shape index (κ1) is 14.0. The Labute approximate surface area is 124 Å². The van der Waals surface area contributed by atoms with Crippen molar-refractivity contribution >= 4 is 17.2 Å². The molecule has 1 N–H and O–H groups in total. The Hall–Kier alpha value is -0.910. The van der Waals surface area contributed by atoms with E-state index in [1.807, 2.05) is 4.90 Å². The lowest BCUT2D eigenvalue weighted by Crippen LogP contribution is -2.38. The maximum absolute atomic E-state index is 12.7. The van der Waals surface area contributed by atoms with Crippen LogP contribution in [0.3, 0.4) is 0 Å². The highest BCUT2D eigenvalue weighted by Gasteiger charge is 2.42. The smallest absolute Gasteiger partial charge is 0.241 e. The molecule has 20 heavy (non-hydrogen) atoms. The summed E-state index contributed by atoms with van der Waals surface area (Å²) in [5, 5.41) is 7.68. The van der Waals surface area contributed by atoms with Crippen molar-refractivity contribution in [2.75, 3.05) is 13.2 Å². The van der Waals surface area contributed by atoms with Crippen LogP contribution in [0.25, 0.3) is 0 Å². The molecule has 0 bridgehead atoms. The van der Waals surface area contributed by atoms with Crippen molar-refractivity contribution in [2.24, 2.45) is 5.92 Å². The van der Waals surface area contributed by atoms with Crippen molar-refractivity contribution in [2.45, 2.75) is 45.0 Å². The molecule has 1 amide bonds. The average molecular weight is 294 g/mol. The maximum atomic E-state index is 12.7. The highest BCUT2D eigenvalue weighted by molar-refractivity contribution is 7.07. The molecule has 0 saturated carbocycles. The van der Waals surface area contributed by atoms with E-state index in [1.54, 1.807) is 11.3 Å². The van der Waals surface area contributed by atoms with E-state index in [-0.39, 0.29) is 24.2 Å². The summed E-state index contributed by atoms with van der Waals surface area (Å²) in [7, 11) is 0. The van der Waals surface area contributed by atoms with Crippen LogP contribution in [0.2, 0.25) is 0 Å². The number of hydrogen-bond acceptors (Lipinski definition) is 4. The van der Waals surface area contributed by atoms with Crippen LogP contribution in [0, 0.1) is 5.92 Å². The van der Waals surface area contributed by atoms with Gasteiger partial charge in [0.15, 0.2) is 0 Å². The number of nitrogens with one attached hydrogen (secondary N) is 1. The molecule has 3 unspecified atom stereocenters. The summed E-state index contributed by atoms with van der Waals surface area (Å²) in [4.78, 5) is 14.6. The Morgan fingerprint density at radius 1 is 1.55 bits per heavy atom. The normalized spacial score (nSPS) is 30.6. The van der Waals surface area contributed by atoms with Gasteiger partial charge in [0.1, 0.15) is 6.17 Å². The molecule has 1 aromatic heterocycles.